The van der Waals surface area contributed by atoms with E-state index in [0.29, 0.717) is 17.7 Å². The van der Waals surface area contributed by atoms with Crippen LogP contribution in [0.4, 0.5) is 0 Å². The van der Waals surface area contributed by atoms with Gasteiger partial charge in [-0.3, -0.25) is 0 Å². The van der Waals surface area contributed by atoms with Crippen LogP contribution in [0, 0.1) is 0 Å². The number of hydrogen-bond donors (Lipinski definition) is 0. The third-order valence-corrected chi connectivity index (χ3v) is 4.19. The molecule has 0 aliphatic heterocycles. The highest BCUT2D eigenvalue weighted by Gasteiger charge is 2.09. The van der Waals surface area contributed by atoms with Crippen molar-refractivity contribution in [2.45, 2.75) is 39.5 Å². The highest BCUT2D eigenvalue weighted by Crippen LogP contribution is 2.28. The second kappa shape index (κ2) is 6.41. The molecule has 0 aliphatic carbocycles. The Morgan fingerprint density at radius 3 is 1.65 bits per heavy atom. The van der Waals surface area contributed by atoms with Gasteiger partial charge in [-0.25, -0.2) is 4.98 Å². The van der Waals surface area contributed by atoms with E-state index in [0.717, 1.165) is 16.9 Å². The molecule has 0 atom stereocenters. The van der Waals surface area contributed by atoms with Crippen molar-refractivity contribution in [3.05, 3.63) is 65.9 Å². The fourth-order valence-electron chi connectivity index (χ4n) is 2.58. The molecule has 2 heteroatoms. The molecule has 118 valence electrons. The van der Waals surface area contributed by atoms with Gasteiger partial charge in [0.05, 0.1) is 6.20 Å². The molecule has 0 spiro atoms. The summed E-state index contributed by atoms with van der Waals surface area (Å²) in [6.45, 7) is 8.78. The SMILES string of the molecule is CC(C)c1ccc(-c2cnc(-c3ccc(C(C)C)cc3)o2)cc1. The Labute approximate surface area is 138 Å². The van der Waals surface area contributed by atoms with Gasteiger partial charge < -0.3 is 4.42 Å². The van der Waals surface area contributed by atoms with Crippen molar-refractivity contribution < 1.29 is 4.42 Å². The van der Waals surface area contributed by atoms with Gasteiger partial charge >= 0.3 is 0 Å². The first-order valence-corrected chi connectivity index (χ1v) is 8.21. The molecule has 2 aromatic carbocycles. The third-order valence-electron chi connectivity index (χ3n) is 4.19. The van der Waals surface area contributed by atoms with Gasteiger partial charge in [0, 0.05) is 11.1 Å². The predicted octanol–water partition coefficient (Wildman–Crippen LogP) is 6.26. The van der Waals surface area contributed by atoms with E-state index in [9.17, 15) is 0 Å². The summed E-state index contributed by atoms with van der Waals surface area (Å²) < 4.78 is 5.95. The van der Waals surface area contributed by atoms with Gasteiger partial charge in [-0.1, -0.05) is 64.1 Å². The zero-order valence-electron chi connectivity index (χ0n) is 14.2. The zero-order valence-corrected chi connectivity index (χ0v) is 14.2. The molecule has 2 nitrogen and oxygen atoms in total. The summed E-state index contributed by atoms with van der Waals surface area (Å²) in [5.74, 6) is 2.55. The number of benzene rings is 2. The highest BCUT2D eigenvalue weighted by atomic mass is 16.4. The van der Waals surface area contributed by atoms with Gasteiger partial charge in [-0.15, -0.1) is 0 Å². The van der Waals surface area contributed by atoms with Crippen molar-refractivity contribution in [3.8, 4) is 22.8 Å². The monoisotopic (exact) mass is 305 g/mol. The van der Waals surface area contributed by atoms with Gasteiger partial charge in [-0.05, 0) is 35.1 Å². The summed E-state index contributed by atoms with van der Waals surface area (Å²) in [6, 6.07) is 16.9. The maximum atomic E-state index is 5.95. The molecule has 0 radical (unpaired) electrons. The van der Waals surface area contributed by atoms with E-state index in [2.05, 4.69) is 81.2 Å². The van der Waals surface area contributed by atoms with E-state index >= 15 is 0 Å². The van der Waals surface area contributed by atoms with Crippen molar-refractivity contribution in [2.24, 2.45) is 0 Å². The van der Waals surface area contributed by atoms with E-state index in [1.807, 2.05) is 0 Å². The summed E-state index contributed by atoms with van der Waals surface area (Å²) in [7, 11) is 0. The first-order valence-electron chi connectivity index (χ1n) is 8.21. The highest BCUT2D eigenvalue weighted by molar-refractivity contribution is 5.61. The van der Waals surface area contributed by atoms with Crippen molar-refractivity contribution in [1.82, 2.24) is 4.98 Å². The third kappa shape index (κ3) is 3.37. The molecule has 0 bridgehead atoms. The predicted molar refractivity (Wildman–Crippen MR) is 95.6 cm³/mol. The molecule has 0 N–H and O–H groups in total. The maximum Gasteiger partial charge on any atom is 0.226 e. The van der Waals surface area contributed by atoms with Crippen LogP contribution in [0.15, 0.2) is 59.1 Å². The van der Waals surface area contributed by atoms with Crippen LogP contribution >= 0.6 is 0 Å². The summed E-state index contributed by atoms with van der Waals surface area (Å²) in [5, 5.41) is 0. The first-order chi connectivity index (χ1) is 11.0. The zero-order chi connectivity index (χ0) is 16.4. The number of aromatic nitrogens is 1. The molecular weight excluding hydrogens is 282 g/mol. The van der Waals surface area contributed by atoms with Crippen molar-refractivity contribution >= 4 is 0 Å². The van der Waals surface area contributed by atoms with Crippen LogP contribution in [-0.4, -0.2) is 4.98 Å². The van der Waals surface area contributed by atoms with Crippen LogP contribution in [0.5, 0.6) is 0 Å². The van der Waals surface area contributed by atoms with Gasteiger partial charge in [0.2, 0.25) is 5.89 Å². The Balaban J connectivity index is 1.85. The quantitative estimate of drug-likeness (QED) is 0.569. The van der Waals surface area contributed by atoms with Crippen LogP contribution in [0.1, 0.15) is 50.7 Å². The molecule has 0 saturated heterocycles. The number of hydrogen-bond acceptors (Lipinski definition) is 2. The molecule has 0 saturated carbocycles. The van der Waals surface area contributed by atoms with Crippen molar-refractivity contribution in [3.63, 3.8) is 0 Å². The van der Waals surface area contributed by atoms with Crippen LogP contribution < -0.4 is 0 Å². The Morgan fingerprint density at radius 2 is 1.17 bits per heavy atom. The fraction of sp³-hybridized carbons (Fsp3) is 0.286. The smallest absolute Gasteiger partial charge is 0.226 e. The number of rotatable bonds is 4. The molecule has 0 fully saturated rings. The minimum absolute atomic E-state index is 0.531. The van der Waals surface area contributed by atoms with Gasteiger partial charge in [0.15, 0.2) is 5.76 Å². The molecular formula is C21H23NO. The molecule has 3 rings (SSSR count). The normalized spacial score (nSPS) is 11.4. The Hall–Kier alpha value is -2.35. The Kier molecular flexibility index (Phi) is 4.33. The van der Waals surface area contributed by atoms with E-state index in [4.69, 9.17) is 4.42 Å². The number of nitrogens with zero attached hydrogens (tertiary/aromatic N) is 1. The largest absolute Gasteiger partial charge is 0.436 e. The summed E-state index contributed by atoms with van der Waals surface area (Å²) in [6.07, 6.45) is 1.80. The van der Waals surface area contributed by atoms with E-state index in [-0.39, 0.29) is 0 Å². The average Bonchev–Trinajstić information content (AvgIpc) is 3.05. The maximum absolute atomic E-state index is 5.95. The summed E-state index contributed by atoms with van der Waals surface area (Å²) in [5.41, 5.74) is 4.73. The van der Waals surface area contributed by atoms with Crippen molar-refractivity contribution in [1.29, 1.82) is 0 Å². The number of oxazole rings is 1. The van der Waals surface area contributed by atoms with Crippen LogP contribution in [-0.2, 0) is 0 Å². The lowest BCUT2D eigenvalue weighted by atomic mass is 10.0. The van der Waals surface area contributed by atoms with Crippen LogP contribution in [0.3, 0.4) is 0 Å². The Morgan fingerprint density at radius 1 is 0.696 bits per heavy atom. The van der Waals surface area contributed by atoms with Crippen LogP contribution in [0.2, 0.25) is 0 Å². The fourth-order valence-corrected chi connectivity index (χ4v) is 2.58. The standard InChI is InChI=1S/C21H23NO/c1-14(2)16-5-9-18(10-6-16)20-13-22-21(23-20)19-11-7-17(8-12-19)15(3)4/h5-15H,1-4H3. The second-order valence-electron chi connectivity index (χ2n) is 6.58. The molecule has 23 heavy (non-hydrogen) atoms. The minimum Gasteiger partial charge on any atom is -0.436 e. The summed E-state index contributed by atoms with van der Waals surface area (Å²) in [4.78, 5) is 4.43. The van der Waals surface area contributed by atoms with E-state index in [1.54, 1.807) is 6.20 Å². The topological polar surface area (TPSA) is 26.0 Å². The molecule has 1 aromatic heterocycles. The van der Waals surface area contributed by atoms with E-state index in [1.165, 1.54) is 11.1 Å². The van der Waals surface area contributed by atoms with E-state index < -0.39 is 0 Å². The molecule has 0 aliphatic rings. The first kappa shape index (κ1) is 15.5. The average molecular weight is 305 g/mol. The molecule has 1 heterocycles. The molecule has 3 aromatic rings. The second-order valence-corrected chi connectivity index (χ2v) is 6.58. The van der Waals surface area contributed by atoms with Crippen LogP contribution in [0.25, 0.3) is 22.8 Å². The molecule has 0 amide bonds. The lowest BCUT2D eigenvalue weighted by Crippen LogP contribution is -1.86. The lowest BCUT2D eigenvalue weighted by molar-refractivity contribution is 0.588. The van der Waals surface area contributed by atoms with Gasteiger partial charge in [0.25, 0.3) is 0 Å². The minimum atomic E-state index is 0.531. The van der Waals surface area contributed by atoms with Gasteiger partial charge in [-0.2, -0.15) is 0 Å². The lowest BCUT2D eigenvalue weighted by Gasteiger charge is -2.05. The summed E-state index contributed by atoms with van der Waals surface area (Å²) >= 11 is 0. The van der Waals surface area contributed by atoms with Crippen molar-refractivity contribution in [2.75, 3.05) is 0 Å². The van der Waals surface area contributed by atoms with Gasteiger partial charge in [0.1, 0.15) is 0 Å². The molecule has 0 unspecified atom stereocenters. The Bertz CT molecular complexity index is 698.